The monoisotopic (exact) mass is 222 g/mol. The van der Waals surface area contributed by atoms with Gasteiger partial charge in [-0.2, -0.15) is 0 Å². The van der Waals surface area contributed by atoms with Crippen molar-refractivity contribution in [2.75, 3.05) is 0 Å². The molecule has 90 valence electrons. The number of allylic oxidation sites excluding steroid dienone is 5. The summed E-state index contributed by atoms with van der Waals surface area (Å²) in [6, 6.07) is 0. The fourth-order valence-electron chi connectivity index (χ4n) is 1.17. The van der Waals surface area contributed by atoms with Crippen LogP contribution < -0.4 is 0 Å². The average molecular weight is 222 g/mol. The van der Waals surface area contributed by atoms with Crippen LogP contribution in [0, 0.1) is 5.92 Å². The Morgan fingerprint density at radius 2 is 1.94 bits per heavy atom. The molecule has 0 radical (unpaired) electrons. The lowest BCUT2D eigenvalue weighted by molar-refractivity contribution is -0.135. The number of carbonyl (C=O) groups is 1. The van der Waals surface area contributed by atoms with Crippen LogP contribution in [0.15, 0.2) is 36.1 Å². The topological polar surface area (TPSA) is 26.3 Å². The van der Waals surface area contributed by atoms with E-state index in [4.69, 9.17) is 0 Å². The molecule has 0 aromatic heterocycles. The van der Waals surface area contributed by atoms with Crippen molar-refractivity contribution in [1.29, 1.82) is 0 Å². The fourth-order valence-corrected chi connectivity index (χ4v) is 1.17. The van der Waals surface area contributed by atoms with Gasteiger partial charge < -0.3 is 4.74 Å². The van der Waals surface area contributed by atoms with E-state index in [2.05, 4.69) is 37.7 Å². The maximum Gasteiger partial charge on any atom is 0.307 e. The smallest absolute Gasteiger partial charge is 0.307 e. The number of hydrogen-bond acceptors (Lipinski definition) is 2. The van der Waals surface area contributed by atoms with Gasteiger partial charge in [-0.05, 0) is 38.7 Å². The molecule has 2 nitrogen and oxygen atoms in total. The van der Waals surface area contributed by atoms with E-state index in [0.29, 0.717) is 5.92 Å². The van der Waals surface area contributed by atoms with Gasteiger partial charge in [-0.25, -0.2) is 0 Å². The predicted octanol–water partition coefficient (Wildman–Crippen LogP) is 4.00. The lowest BCUT2D eigenvalue weighted by Gasteiger charge is -2.02. The molecule has 0 saturated carbocycles. The Hall–Kier alpha value is -1.31. The first-order chi connectivity index (χ1) is 7.52. The minimum absolute atomic E-state index is 0.291. The minimum Gasteiger partial charge on any atom is -0.435 e. The van der Waals surface area contributed by atoms with Crippen LogP contribution >= 0.6 is 0 Å². The number of ether oxygens (including phenoxy) is 1. The first kappa shape index (κ1) is 14.7. The van der Waals surface area contributed by atoms with Crippen molar-refractivity contribution in [1.82, 2.24) is 0 Å². The van der Waals surface area contributed by atoms with Crippen LogP contribution in [0.25, 0.3) is 0 Å². The molecule has 0 aliphatic rings. The van der Waals surface area contributed by atoms with Crippen LogP contribution in [0.4, 0.5) is 0 Å². The zero-order valence-electron chi connectivity index (χ0n) is 10.7. The molecule has 0 aromatic rings. The summed E-state index contributed by atoms with van der Waals surface area (Å²) in [5, 5.41) is 0. The Bertz CT molecular complexity index is 281. The molecule has 16 heavy (non-hydrogen) atoms. The molecule has 0 amide bonds. The zero-order valence-corrected chi connectivity index (χ0v) is 10.7. The van der Waals surface area contributed by atoms with Crippen LogP contribution in [0.1, 0.15) is 40.5 Å². The van der Waals surface area contributed by atoms with Crippen LogP contribution in [0.3, 0.4) is 0 Å². The van der Waals surface area contributed by atoms with E-state index in [-0.39, 0.29) is 5.97 Å². The molecule has 0 aliphatic heterocycles. The molecule has 0 spiro atoms. The first-order valence-electron chi connectivity index (χ1n) is 5.66. The Morgan fingerprint density at radius 3 is 2.50 bits per heavy atom. The van der Waals surface area contributed by atoms with E-state index in [9.17, 15) is 4.79 Å². The molecular weight excluding hydrogens is 200 g/mol. The highest BCUT2D eigenvalue weighted by atomic mass is 16.5. The standard InChI is InChI=1S/C14H22O2/c1-12(2)8-7-10-13(3)9-5-6-11-16-14(4)15/h5-6,8-9,11,13H,7,10H2,1-4H3/t13-/m1/s1. The summed E-state index contributed by atoms with van der Waals surface area (Å²) in [5.74, 6) is 0.249. The van der Waals surface area contributed by atoms with Gasteiger partial charge in [0.05, 0.1) is 6.26 Å². The van der Waals surface area contributed by atoms with Crippen LogP contribution in [-0.2, 0) is 9.53 Å². The van der Waals surface area contributed by atoms with Crippen molar-refractivity contribution in [2.45, 2.75) is 40.5 Å². The molecule has 0 unspecified atom stereocenters. The second kappa shape index (κ2) is 8.96. The summed E-state index contributed by atoms with van der Waals surface area (Å²) in [4.78, 5) is 10.4. The van der Waals surface area contributed by atoms with Crippen molar-refractivity contribution in [2.24, 2.45) is 5.92 Å². The molecule has 0 rings (SSSR count). The van der Waals surface area contributed by atoms with Crippen molar-refractivity contribution in [3.8, 4) is 0 Å². The number of carbonyl (C=O) groups excluding carboxylic acids is 1. The quantitative estimate of drug-likeness (QED) is 0.294. The molecule has 0 aromatic carbocycles. The third-order valence-electron chi connectivity index (χ3n) is 2.04. The third-order valence-corrected chi connectivity index (χ3v) is 2.04. The van der Waals surface area contributed by atoms with Gasteiger partial charge in [0.2, 0.25) is 0 Å². The maximum atomic E-state index is 10.4. The van der Waals surface area contributed by atoms with E-state index < -0.39 is 0 Å². The van der Waals surface area contributed by atoms with E-state index >= 15 is 0 Å². The number of esters is 1. The Labute approximate surface area is 98.7 Å². The van der Waals surface area contributed by atoms with Crippen molar-refractivity contribution >= 4 is 5.97 Å². The second-order valence-electron chi connectivity index (χ2n) is 4.16. The van der Waals surface area contributed by atoms with Crippen LogP contribution in [-0.4, -0.2) is 5.97 Å². The van der Waals surface area contributed by atoms with Crippen LogP contribution in [0.2, 0.25) is 0 Å². The van der Waals surface area contributed by atoms with E-state index in [1.807, 2.05) is 6.08 Å². The lowest BCUT2D eigenvalue weighted by atomic mass is 10.0. The molecule has 0 aliphatic carbocycles. The summed E-state index contributed by atoms with van der Waals surface area (Å²) < 4.78 is 4.66. The first-order valence-corrected chi connectivity index (χ1v) is 5.66. The van der Waals surface area contributed by atoms with Crippen LogP contribution in [0.5, 0.6) is 0 Å². The van der Waals surface area contributed by atoms with Gasteiger partial charge in [-0.3, -0.25) is 4.79 Å². The Kier molecular flexibility index (Phi) is 8.22. The van der Waals surface area contributed by atoms with Gasteiger partial charge in [0.1, 0.15) is 0 Å². The van der Waals surface area contributed by atoms with Gasteiger partial charge in [0.15, 0.2) is 0 Å². The van der Waals surface area contributed by atoms with Crippen molar-refractivity contribution in [3.05, 3.63) is 36.1 Å². The number of rotatable bonds is 6. The van der Waals surface area contributed by atoms with E-state index in [1.54, 1.807) is 6.08 Å². The average Bonchev–Trinajstić information content (AvgIpc) is 2.16. The fraction of sp³-hybridized carbons (Fsp3) is 0.500. The highest BCUT2D eigenvalue weighted by Gasteiger charge is 1.93. The van der Waals surface area contributed by atoms with Gasteiger partial charge in [-0.1, -0.05) is 30.7 Å². The molecule has 0 heterocycles. The number of hydrogen-bond donors (Lipinski definition) is 0. The van der Waals surface area contributed by atoms with E-state index in [1.165, 1.54) is 18.8 Å². The van der Waals surface area contributed by atoms with E-state index in [0.717, 1.165) is 12.8 Å². The highest BCUT2D eigenvalue weighted by Crippen LogP contribution is 2.09. The normalized spacial score (nSPS) is 13.0. The predicted molar refractivity (Wildman–Crippen MR) is 67.9 cm³/mol. The van der Waals surface area contributed by atoms with Crippen molar-refractivity contribution < 1.29 is 9.53 Å². The van der Waals surface area contributed by atoms with Gasteiger partial charge in [-0.15, -0.1) is 0 Å². The zero-order chi connectivity index (χ0) is 12.4. The summed E-state index contributed by atoms with van der Waals surface area (Å²) in [5.41, 5.74) is 1.37. The molecule has 1 atom stereocenters. The highest BCUT2D eigenvalue weighted by molar-refractivity contribution is 5.66. The third kappa shape index (κ3) is 10.8. The summed E-state index contributed by atoms with van der Waals surface area (Å²) in [7, 11) is 0. The minimum atomic E-state index is -0.291. The second-order valence-corrected chi connectivity index (χ2v) is 4.16. The molecule has 0 N–H and O–H groups in total. The van der Waals surface area contributed by atoms with Gasteiger partial charge in [0, 0.05) is 6.92 Å². The Balaban J connectivity index is 3.74. The SMILES string of the molecule is CC(=O)OC=CC=C[C@@H](C)CCC=C(C)C. The molecular formula is C14H22O2. The maximum absolute atomic E-state index is 10.4. The van der Waals surface area contributed by atoms with Crippen molar-refractivity contribution in [3.63, 3.8) is 0 Å². The largest absolute Gasteiger partial charge is 0.435 e. The molecule has 2 heteroatoms. The molecule has 0 bridgehead atoms. The lowest BCUT2D eigenvalue weighted by Crippen LogP contribution is -1.89. The summed E-state index contributed by atoms with van der Waals surface area (Å²) in [6.45, 7) is 7.79. The summed E-state index contributed by atoms with van der Waals surface area (Å²) >= 11 is 0. The van der Waals surface area contributed by atoms with Gasteiger partial charge in [0.25, 0.3) is 0 Å². The molecule has 0 fully saturated rings. The summed E-state index contributed by atoms with van der Waals surface area (Å²) in [6.07, 6.45) is 11.7. The molecule has 0 saturated heterocycles. The Morgan fingerprint density at radius 1 is 1.25 bits per heavy atom. The van der Waals surface area contributed by atoms with Gasteiger partial charge >= 0.3 is 5.97 Å².